The maximum absolute atomic E-state index is 5.77. The predicted octanol–water partition coefficient (Wildman–Crippen LogP) is 4.33. The van der Waals surface area contributed by atoms with E-state index >= 15 is 0 Å². The number of imidazole rings is 1. The third-order valence-electron chi connectivity index (χ3n) is 4.87. The Kier molecular flexibility index (Phi) is 3.81. The number of nitrogens with one attached hydrogen (secondary N) is 2. The van der Waals surface area contributed by atoms with Crippen LogP contribution in [0.5, 0.6) is 0 Å². The van der Waals surface area contributed by atoms with Gasteiger partial charge in [-0.15, -0.1) is 11.3 Å². The number of hydrogen-bond acceptors (Lipinski definition) is 8. The monoisotopic (exact) mass is 417 g/mol. The van der Waals surface area contributed by atoms with Crippen LogP contribution in [0.2, 0.25) is 0 Å². The molecule has 0 amide bonds. The minimum absolute atomic E-state index is 0.311. The zero-order valence-corrected chi connectivity index (χ0v) is 16.3. The molecule has 148 valence electrons. The maximum Gasteiger partial charge on any atom is 0.245 e. The second-order valence-corrected chi connectivity index (χ2v) is 7.45. The van der Waals surface area contributed by atoms with Crippen LogP contribution in [0.15, 0.2) is 82.0 Å². The molecular formula is C20H15N7O2S. The molecule has 5 aromatic rings. The Hall–Kier alpha value is -4.05. The number of nitrogens with zero attached hydrogens (tertiary/aromatic N) is 5. The van der Waals surface area contributed by atoms with E-state index in [1.807, 2.05) is 42.0 Å². The molecule has 1 unspecified atom stereocenters. The Morgan fingerprint density at radius 3 is 2.67 bits per heavy atom. The van der Waals surface area contributed by atoms with Gasteiger partial charge in [-0.05, 0) is 29.6 Å². The van der Waals surface area contributed by atoms with E-state index in [1.165, 1.54) is 0 Å². The van der Waals surface area contributed by atoms with Gasteiger partial charge in [0.15, 0.2) is 0 Å². The second-order valence-electron chi connectivity index (χ2n) is 6.52. The quantitative estimate of drug-likeness (QED) is 0.439. The first-order chi connectivity index (χ1) is 14.9. The third kappa shape index (κ3) is 2.51. The summed E-state index contributed by atoms with van der Waals surface area (Å²) in [5.74, 6) is 2.09. The van der Waals surface area contributed by atoms with Gasteiger partial charge >= 0.3 is 0 Å². The molecule has 9 nitrogen and oxygen atoms in total. The van der Waals surface area contributed by atoms with E-state index in [-0.39, 0.29) is 6.04 Å². The van der Waals surface area contributed by atoms with Crippen LogP contribution in [0.25, 0.3) is 11.3 Å². The fourth-order valence-electron chi connectivity index (χ4n) is 3.74. The molecule has 5 aromatic heterocycles. The third-order valence-corrected chi connectivity index (χ3v) is 5.73. The van der Waals surface area contributed by atoms with Crippen molar-refractivity contribution in [2.24, 2.45) is 0 Å². The van der Waals surface area contributed by atoms with E-state index in [0.717, 1.165) is 27.9 Å². The SMILES string of the molecule is c1c[nH]c(N2C(c3ncco3)=C(c3ccon3)C(c3ncc[nH]3)N2c2cccs2)c1. The summed E-state index contributed by atoms with van der Waals surface area (Å²) in [4.78, 5) is 15.6. The minimum Gasteiger partial charge on any atom is -0.443 e. The first-order valence-electron chi connectivity index (χ1n) is 9.22. The van der Waals surface area contributed by atoms with Crippen LogP contribution in [-0.4, -0.2) is 25.1 Å². The van der Waals surface area contributed by atoms with Crippen molar-refractivity contribution in [2.75, 3.05) is 10.0 Å². The van der Waals surface area contributed by atoms with Crippen LogP contribution in [-0.2, 0) is 0 Å². The van der Waals surface area contributed by atoms with Crippen LogP contribution in [0.3, 0.4) is 0 Å². The lowest BCUT2D eigenvalue weighted by molar-refractivity contribution is 0.417. The zero-order chi connectivity index (χ0) is 19.9. The van der Waals surface area contributed by atoms with Gasteiger partial charge in [-0.2, -0.15) is 0 Å². The number of hydrazine groups is 1. The van der Waals surface area contributed by atoms with Crippen LogP contribution in [0.1, 0.15) is 23.5 Å². The lowest BCUT2D eigenvalue weighted by Crippen LogP contribution is -2.39. The summed E-state index contributed by atoms with van der Waals surface area (Å²) >= 11 is 1.63. The Bertz CT molecular complexity index is 1160. The summed E-state index contributed by atoms with van der Waals surface area (Å²) in [6, 6.07) is 9.55. The predicted molar refractivity (Wildman–Crippen MR) is 111 cm³/mol. The van der Waals surface area contributed by atoms with Crippen molar-refractivity contribution in [3.8, 4) is 0 Å². The Balaban J connectivity index is 1.69. The standard InChI is InChI=1S/C20H15N7O2S/c1-3-14(21-6-1)26-18(20-24-9-11-28-20)16(13-5-10-29-25-13)17(19-22-7-8-23-19)27(26)15-4-2-12-30-15/h1-12,17,21H,(H,22,23). The highest BCUT2D eigenvalue weighted by Gasteiger charge is 2.46. The Morgan fingerprint density at radius 1 is 1.00 bits per heavy atom. The maximum atomic E-state index is 5.77. The first-order valence-corrected chi connectivity index (χ1v) is 10.1. The van der Waals surface area contributed by atoms with Crippen LogP contribution < -0.4 is 10.0 Å². The van der Waals surface area contributed by atoms with Crippen molar-refractivity contribution in [3.05, 3.63) is 90.4 Å². The van der Waals surface area contributed by atoms with Crippen molar-refractivity contribution < 1.29 is 8.94 Å². The molecule has 0 saturated carbocycles. The van der Waals surface area contributed by atoms with Gasteiger partial charge in [0, 0.05) is 30.2 Å². The van der Waals surface area contributed by atoms with Gasteiger partial charge in [0.2, 0.25) is 5.89 Å². The van der Waals surface area contributed by atoms with Crippen LogP contribution in [0.4, 0.5) is 10.8 Å². The second kappa shape index (κ2) is 6.78. The molecule has 1 aliphatic rings. The summed E-state index contributed by atoms with van der Waals surface area (Å²) in [7, 11) is 0. The van der Waals surface area contributed by atoms with E-state index in [1.54, 1.807) is 36.3 Å². The van der Waals surface area contributed by atoms with E-state index in [0.29, 0.717) is 11.6 Å². The highest BCUT2D eigenvalue weighted by molar-refractivity contribution is 7.14. The first kappa shape index (κ1) is 16.9. The summed E-state index contributed by atoms with van der Waals surface area (Å²) in [6.45, 7) is 0. The number of H-pyrrole nitrogens is 2. The highest BCUT2D eigenvalue weighted by Crippen LogP contribution is 2.51. The molecule has 0 aromatic carbocycles. The molecule has 1 atom stereocenters. The Morgan fingerprint density at radius 2 is 2.00 bits per heavy atom. The molecule has 0 fully saturated rings. The number of oxazole rings is 1. The smallest absolute Gasteiger partial charge is 0.245 e. The van der Waals surface area contributed by atoms with Crippen molar-refractivity contribution in [2.45, 2.75) is 6.04 Å². The van der Waals surface area contributed by atoms with Crippen molar-refractivity contribution in [3.63, 3.8) is 0 Å². The minimum atomic E-state index is -0.311. The van der Waals surface area contributed by atoms with Crippen LogP contribution >= 0.6 is 11.3 Å². The fraction of sp³-hybridized carbons (Fsp3) is 0.0500. The number of anilines is 2. The van der Waals surface area contributed by atoms with E-state index in [9.17, 15) is 0 Å². The molecule has 10 heteroatoms. The highest BCUT2D eigenvalue weighted by atomic mass is 32.1. The molecule has 1 aliphatic heterocycles. The largest absolute Gasteiger partial charge is 0.443 e. The lowest BCUT2D eigenvalue weighted by Gasteiger charge is -2.34. The number of hydrogen-bond donors (Lipinski definition) is 2. The molecule has 0 bridgehead atoms. The average Bonchev–Trinajstić information content (AvgIpc) is 3.61. The molecule has 30 heavy (non-hydrogen) atoms. The van der Waals surface area contributed by atoms with Crippen molar-refractivity contribution in [1.82, 2.24) is 25.1 Å². The molecule has 2 N–H and O–H groups in total. The van der Waals surface area contributed by atoms with Crippen LogP contribution in [0, 0.1) is 0 Å². The average molecular weight is 417 g/mol. The summed E-state index contributed by atoms with van der Waals surface area (Å²) in [5, 5.41) is 11.5. The normalized spacial score (nSPS) is 16.7. The molecule has 6 rings (SSSR count). The molecule has 0 saturated heterocycles. The summed E-state index contributed by atoms with van der Waals surface area (Å²) in [6.07, 6.45) is 10.2. The summed E-state index contributed by atoms with van der Waals surface area (Å²) < 4.78 is 11.0. The number of aromatic amines is 2. The molecule has 0 radical (unpaired) electrons. The molecule has 0 aliphatic carbocycles. The number of thiophene rings is 1. The van der Waals surface area contributed by atoms with Gasteiger partial charge < -0.3 is 18.9 Å². The van der Waals surface area contributed by atoms with Gasteiger partial charge in [-0.25, -0.2) is 15.0 Å². The Labute approximate surface area is 174 Å². The van der Waals surface area contributed by atoms with E-state index in [2.05, 4.69) is 41.2 Å². The van der Waals surface area contributed by atoms with Crippen molar-refractivity contribution >= 4 is 33.4 Å². The topological polar surface area (TPSA) is 103 Å². The van der Waals surface area contributed by atoms with Gasteiger partial charge in [-0.3, -0.25) is 5.01 Å². The molecule has 6 heterocycles. The molecular weight excluding hydrogens is 402 g/mol. The van der Waals surface area contributed by atoms with Gasteiger partial charge in [-0.1, -0.05) is 5.16 Å². The zero-order valence-electron chi connectivity index (χ0n) is 15.5. The van der Waals surface area contributed by atoms with Gasteiger partial charge in [0.25, 0.3) is 0 Å². The van der Waals surface area contributed by atoms with Crippen molar-refractivity contribution in [1.29, 1.82) is 0 Å². The van der Waals surface area contributed by atoms with E-state index < -0.39 is 0 Å². The number of aromatic nitrogens is 5. The number of rotatable bonds is 5. The molecule has 0 spiro atoms. The lowest BCUT2D eigenvalue weighted by atomic mass is 10.0. The van der Waals surface area contributed by atoms with E-state index in [4.69, 9.17) is 8.94 Å². The van der Waals surface area contributed by atoms with Gasteiger partial charge in [0.1, 0.15) is 46.6 Å². The fourth-order valence-corrected chi connectivity index (χ4v) is 4.49. The van der Waals surface area contributed by atoms with Gasteiger partial charge in [0.05, 0.1) is 6.20 Å². The summed E-state index contributed by atoms with van der Waals surface area (Å²) in [5.41, 5.74) is 2.30.